The van der Waals surface area contributed by atoms with Crippen molar-refractivity contribution in [2.75, 3.05) is 6.61 Å². The smallest absolute Gasteiger partial charge is 0.391 e. The van der Waals surface area contributed by atoms with Crippen molar-refractivity contribution in [2.24, 2.45) is 0 Å². The first-order valence-corrected chi connectivity index (χ1v) is 4.78. The second kappa shape index (κ2) is 6.66. The number of alkyl halides is 3. The van der Waals surface area contributed by atoms with Gasteiger partial charge in [-0.3, -0.25) is 0 Å². The quantitative estimate of drug-likeness (QED) is 0.728. The van der Waals surface area contributed by atoms with Crippen LogP contribution in [0.15, 0.2) is 0 Å². The Kier molecular flexibility index (Phi) is 6.31. The molecule has 0 aromatic carbocycles. The highest BCUT2D eigenvalue weighted by Gasteiger charge is 2.28. The van der Waals surface area contributed by atoms with Crippen molar-refractivity contribution in [3.63, 3.8) is 0 Å². The van der Waals surface area contributed by atoms with Gasteiger partial charge < -0.3 is 9.84 Å². The minimum Gasteiger partial charge on any atom is -0.479 e. The van der Waals surface area contributed by atoms with E-state index in [1.54, 1.807) is 0 Å². The predicted octanol–water partition coefficient (Wildman–Crippen LogP) is 2.60. The minimum absolute atomic E-state index is 0.254. The monoisotopic (exact) mass is 228 g/mol. The molecule has 1 unspecified atom stereocenters. The molecule has 6 heteroatoms. The molecule has 0 aliphatic heterocycles. The lowest BCUT2D eigenvalue weighted by molar-refractivity contribution is -0.164. The van der Waals surface area contributed by atoms with E-state index in [0.29, 0.717) is 6.42 Å². The summed E-state index contributed by atoms with van der Waals surface area (Å²) in [5.74, 6) is -1.20. The zero-order valence-electron chi connectivity index (χ0n) is 8.51. The fourth-order valence-electron chi connectivity index (χ4n) is 0.985. The maximum atomic E-state index is 11.7. The lowest BCUT2D eigenvalue weighted by Gasteiger charge is -2.13. The zero-order chi connectivity index (χ0) is 11.9. The van der Waals surface area contributed by atoms with E-state index in [-0.39, 0.29) is 6.42 Å². The summed E-state index contributed by atoms with van der Waals surface area (Å²) in [6.07, 6.45) is -4.86. The molecule has 0 saturated heterocycles. The number of hydrogen-bond donors (Lipinski definition) is 1. The van der Waals surface area contributed by atoms with E-state index in [9.17, 15) is 18.0 Å². The molecule has 0 saturated carbocycles. The van der Waals surface area contributed by atoms with Crippen LogP contribution in [0.1, 0.15) is 32.6 Å². The zero-order valence-corrected chi connectivity index (χ0v) is 8.51. The third-order valence-electron chi connectivity index (χ3n) is 1.80. The van der Waals surface area contributed by atoms with Gasteiger partial charge in [0, 0.05) is 0 Å². The molecule has 0 spiro atoms. The number of unbranched alkanes of at least 4 members (excludes halogenated alkanes) is 1. The van der Waals surface area contributed by atoms with Crippen LogP contribution in [-0.2, 0) is 9.53 Å². The van der Waals surface area contributed by atoms with Gasteiger partial charge in [0.15, 0.2) is 6.10 Å². The van der Waals surface area contributed by atoms with Crippen LogP contribution in [0.4, 0.5) is 13.2 Å². The SMILES string of the molecule is CCCCC(OCCC(F)(F)F)C(=O)O. The molecule has 1 atom stereocenters. The second-order valence-corrected chi connectivity index (χ2v) is 3.21. The molecule has 1 N–H and O–H groups in total. The number of ether oxygens (including phenoxy) is 1. The van der Waals surface area contributed by atoms with Gasteiger partial charge in [-0.1, -0.05) is 19.8 Å². The summed E-state index contributed by atoms with van der Waals surface area (Å²) >= 11 is 0. The Morgan fingerprint density at radius 1 is 1.47 bits per heavy atom. The summed E-state index contributed by atoms with van der Waals surface area (Å²) in [5, 5.41) is 8.62. The summed E-state index contributed by atoms with van der Waals surface area (Å²) in [6.45, 7) is 1.28. The number of aliphatic carboxylic acids is 1. The lowest BCUT2D eigenvalue weighted by Crippen LogP contribution is -2.26. The van der Waals surface area contributed by atoms with Crippen molar-refractivity contribution in [1.29, 1.82) is 0 Å². The molecule has 0 fully saturated rings. The molecule has 3 nitrogen and oxygen atoms in total. The lowest BCUT2D eigenvalue weighted by atomic mass is 10.1. The molecule has 0 aliphatic rings. The van der Waals surface area contributed by atoms with Crippen molar-refractivity contribution >= 4 is 5.97 Å². The van der Waals surface area contributed by atoms with Crippen LogP contribution in [0.25, 0.3) is 0 Å². The van der Waals surface area contributed by atoms with E-state index in [2.05, 4.69) is 4.74 Å². The standard InChI is InChI=1S/C9H15F3O3/c1-2-3-4-7(8(13)14)15-6-5-9(10,11)12/h7H,2-6H2,1H3,(H,13,14). The Balaban J connectivity index is 3.81. The minimum atomic E-state index is -4.30. The Labute approximate surface area is 86.2 Å². The van der Waals surface area contributed by atoms with Gasteiger partial charge in [0.2, 0.25) is 0 Å². The van der Waals surface area contributed by atoms with Crippen LogP contribution in [0, 0.1) is 0 Å². The Bertz CT molecular complexity index is 192. The van der Waals surface area contributed by atoms with Crippen LogP contribution in [0.5, 0.6) is 0 Å². The van der Waals surface area contributed by atoms with Crippen LogP contribution in [0.3, 0.4) is 0 Å². The molecule has 0 bridgehead atoms. The van der Waals surface area contributed by atoms with E-state index in [4.69, 9.17) is 5.11 Å². The van der Waals surface area contributed by atoms with Crippen molar-refractivity contribution in [3.05, 3.63) is 0 Å². The summed E-state index contributed by atoms with van der Waals surface area (Å²) < 4.78 is 39.9. The number of carboxylic acids is 1. The van der Waals surface area contributed by atoms with Crippen molar-refractivity contribution < 1.29 is 27.8 Å². The average molecular weight is 228 g/mol. The highest BCUT2D eigenvalue weighted by molar-refractivity contribution is 5.72. The van der Waals surface area contributed by atoms with Crippen molar-refractivity contribution in [1.82, 2.24) is 0 Å². The summed E-state index contributed by atoms with van der Waals surface area (Å²) in [7, 11) is 0. The van der Waals surface area contributed by atoms with Gasteiger partial charge in [-0.2, -0.15) is 13.2 Å². The molecule has 0 rings (SSSR count). The largest absolute Gasteiger partial charge is 0.479 e. The third-order valence-corrected chi connectivity index (χ3v) is 1.80. The third kappa shape index (κ3) is 8.23. The van der Waals surface area contributed by atoms with Crippen LogP contribution in [0.2, 0.25) is 0 Å². The normalized spacial score (nSPS) is 13.9. The van der Waals surface area contributed by atoms with Crippen molar-refractivity contribution in [2.45, 2.75) is 44.9 Å². The fourth-order valence-corrected chi connectivity index (χ4v) is 0.985. The van der Waals surface area contributed by atoms with Crippen LogP contribution in [-0.4, -0.2) is 30.0 Å². The molecular weight excluding hydrogens is 213 g/mol. The number of rotatable bonds is 7. The molecule has 15 heavy (non-hydrogen) atoms. The van der Waals surface area contributed by atoms with Crippen molar-refractivity contribution in [3.8, 4) is 0 Å². The Hall–Kier alpha value is -0.780. The van der Waals surface area contributed by atoms with E-state index in [1.165, 1.54) is 0 Å². The van der Waals surface area contributed by atoms with Crippen LogP contribution < -0.4 is 0 Å². The van der Waals surface area contributed by atoms with E-state index in [1.807, 2.05) is 6.92 Å². The van der Waals surface area contributed by atoms with Crippen LogP contribution >= 0.6 is 0 Å². The van der Waals surface area contributed by atoms with Gasteiger partial charge in [0.1, 0.15) is 0 Å². The first-order valence-electron chi connectivity index (χ1n) is 4.78. The van der Waals surface area contributed by atoms with Gasteiger partial charge in [-0.15, -0.1) is 0 Å². The highest BCUT2D eigenvalue weighted by Crippen LogP contribution is 2.19. The second-order valence-electron chi connectivity index (χ2n) is 3.21. The first kappa shape index (κ1) is 14.2. The average Bonchev–Trinajstić information content (AvgIpc) is 2.08. The topological polar surface area (TPSA) is 46.5 Å². The summed E-state index contributed by atoms with van der Waals surface area (Å²) in [4.78, 5) is 10.6. The molecule has 90 valence electrons. The van der Waals surface area contributed by atoms with Gasteiger partial charge in [0.25, 0.3) is 0 Å². The Morgan fingerprint density at radius 2 is 2.07 bits per heavy atom. The summed E-state index contributed by atoms with van der Waals surface area (Å²) in [5.41, 5.74) is 0. The number of halogens is 3. The fraction of sp³-hybridized carbons (Fsp3) is 0.889. The number of carbonyl (C=O) groups is 1. The van der Waals surface area contributed by atoms with E-state index in [0.717, 1.165) is 6.42 Å². The van der Waals surface area contributed by atoms with E-state index >= 15 is 0 Å². The number of hydrogen-bond acceptors (Lipinski definition) is 2. The molecular formula is C9H15F3O3. The predicted molar refractivity (Wildman–Crippen MR) is 47.6 cm³/mol. The molecule has 0 radical (unpaired) electrons. The Morgan fingerprint density at radius 3 is 2.47 bits per heavy atom. The maximum Gasteiger partial charge on any atom is 0.391 e. The molecule has 0 aromatic heterocycles. The molecule has 0 amide bonds. The van der Waals surface area contributed by atoms with Gasteiger partial charge in [-0.25, -0.2) is 4.79 Å². The molecule has 0 aliphatic carbocycles. The molecule has 0 heterocycles. The van der Waals surface area contributed by atoms with Gasteiger partial charge >= 0.3 is 12.1 Å². The number of carboxylic acid groups (broad SMARTS) is 1. The van der Waals surface area contributed by atoms with Gasteiger partial charge in [0.05, 0.1) is 13.0 Å². The maximum absolute atomic E-state index is 11.7. The van der Waals surface area contributed by atoms with E-state index < -0.39 is 31.3 Å². The van der Waals surface area contributed by atoms with Gasteiger partial charge in [-0.05, 0) is 6.42 Å². The molecule has 0 aromatic rings. The highest BCUT2D eigenvalue weighted by atomic mass is 19.4. The first-order chi connectivity index (χ1) is 6.87. The summed E-state index contributed by atoms with van der Waals surface area (Å²) in [6, 6.07) is 0.